The van der Waals surface area contributed by atoms with E-state index in [1.807, 2.05) is 0 Å². The number of anilines is 2. The van der Waals surface area contributed by atoms with Gasteiger partial charge in [-0.3, -0.25) is 9.59 Å². The smallest absolute Gasteiger partial charge is 0.335 e. The maximum Gasteiger partial charge on any atom is 0.335 e. The van der Waals surface area contributed by atoms with Gasteiger partial charge in [-0.05, 0) is 60.7 Å². The Morgan fingerprint density at radius 2 is 0.872 bits per heavy atom. The van der Waals surface area contributed by atoms with Crippen molar-refractivity contribution in [2.24, 2.45) is 0 Å². The van der Waals surface area contributed by atoms with E-state index in [1.54, 1.807) is 60.7 Å². The Balaban J connectivity index is 0.000000267. The summed E-state index contributed by atoms with van der Waals surface area (Å²) in [5.74, 6) is -4.57. The quantitative estimate of drug-likeness (QED) is 0.264. The Morgan fingerprint density at radius 3 is 1.15 bits per heavy atom. The van der Waals surface area contributed by atoms with Crippen LogP contribution in [0.3, 0.4) is 0 Å². The molecule has 4 N–H and O–H groups in total. The number of carboxylic acids is 2. The van der Waals surface area contributed by atoms with Crippen LogP contribution < -0.4 is 20.8 Å². The second-order valence-corrected chi connectivity index (χ2v) is 7.67. The van der Waals surface area contributed by atoms with Crippen molar-refractivity contribution >= 4 is 72.9 Å². The van der Waals surface area contributed by atoms with Crippen LogP contribution >= 0.6 is 0 Å². The molecule has 0 saturated heterocycles. The Morgan fingerprint density at radius 1 is 0.538 bits per heavy atom. The van der Waals surface area contributed by atoms with E-state index in [0.29, 0.717) is 11.1 Å². The number of aromatic carboxylic acids is 2. The molecule has 194 valence electrons. The van der Waals surface area contributed by atoms with E-state index in [-0.39, 0.29) is 72.1 Å². The molecule has 0 aromatic heterocycles. The second kappa shape index (κ2) is 14.5. The largest absolute Gasteiger partial charge is 0.872 e. The van der Waals surface area contributed by atoms with Crippen LogP contribution in [0.25, 0.3) is 0 Å². The zero-order chi connectivity index (χ0) is 27.7. The average molecular weight is 553 g/mol. The van der Waals surface area contributed by atoms with E-state index in [1.165, 1.54) is 24.3 Å². The van der Waals surface area contributed by atoms with Gasteiger partial charge in [-0.15, -0.1) is 0 Å². The van der Waals surface area contributed by atoms with Gasteiger partial charge in [-0.25, -0.2) is 9.59 Å². The number of nitrogens with one attached hydrogen (secondary N) is 2. The summed E-state index contributed by atoms with van der Waals surface area (Å²) in [6.45, 7) is 0. The molecule has 4 rings (SSSR count). The van der Waals surface area contributed by atoms with Gasteiger partial charge in [0.05, 0.1) is 11.1 Å². The minimum Gasteiger partial charge on any atom is -0.872 e. The standard InChI is InChI=1S/2C14H11NO4.Ca/c2*16-12-8-10(6-7-11(12)14(18)19)15-13(17)9-4-2-1-3-5-9;/h2*1-8,16H,(H,15,17)(H,18,19);/p-2. The first-order valence-corrected chi connectivity index (χ1v) is 11.0. The number of hydrogen-bond acceptors (Lipinski definition) is 6. The molecule has 0 unspecified atom stereocenters. The Bertz CT molecular complexity index is 1360. The Kier molecular flexibility index (Phi) is 11.5. The number of carbonyl (C=O) groups excluding carboxylic acids is 2. The van der Waals surface area contributed by atoms with Gasteiger partial charge in [0.1, 0.15) is 0 Å². The van der Waals surface area contributed by atoms with Crippen LogP contribution in [0.15, 0.2) is 97.1 Å². The first-order chi connectivity index (χ1) is 18.2. The molecule has 0 spiro atoms. The fourth-order valence-corrected chi connectivity index (χ4v) is 3.14. The van der Waals surface area contributed by atoms with Gasteiger partial charge in [0.25, 0.3) is 11.8 Å². The SMILES string of the molecule is O=C(Nc1ccc(C(=O)O)c([O-])c1)c1ccccc1.O=C(Nc1ccc(C(=O)O)c([O-])c1)c1ccccc1.[Ca]. The van der Waals surface area contributed by atoms with E-state index < -0.39 is 23.4 Å². The number of benzene rings is 4. The zero-order valence-electron chi connectivity index (χ0n) is 20.3. The molecule has 39 heavy (non-hydrogen) atoms. The molecular formula is C28H20CaN2O8-2. The summed E-state index contributed by atoms with van der Waals surface area (Å²) in [5, 5.41) is 45.5. The number of hydrogen-bond donors (Lipinski definition) is 4. The van der Waals surface area contributed by atoms with Gasteiger partial charge in [-0.1, -0.05) is 47.9 Å². The summed E-state index contributed by atoms with van der Waals surface area (Å²) in [6.07, 6.45) is 0. The third kappa shape index (κ3) is 8.85. The number of amides is 2. The molecule has 0 aliphatic rings. The monoisotopic (exact) mass is 552 g/mol. The van der Waals surface area contributed by atoms with E-state index in [0.717, 1.165) is 12.1 Å². The normalized spacial score (nSPS) is 9.64. The zero-order valence-corrected chi connectivity index (χ0v) is 22.5. The summed E-state index contributed by atoms with van der Waals surface area (Å²) in [4.78, 5) is 45.0. The molecule has 4 aromatic rings. The van der Waals surface area contributed by atoms with E-state index >= 15 is 0 Å². The maximum atomic E-state index is 11.8. The Hall–Kier alpha value is -4.38. The summed E-state index contributed by atoms with van der Waals surface area (Å²) < 4.78 is 0. The van der Waals surface area contributed by atoms with Gasteiger partial charge >= 0.3 is 11.9 Å². The van der Waals surface area contributed by atoms with Crippen LogP contribution in [0.1, 0.15) is 41.4 Å². The fourth-order valence-electron chi connectivity index (χ4n) is 3.14. The average Bonchev–Trinajstić information content (AvgIpc) is 2.90. The second-order valence-electron chi connectivity index (χ2n) is 7.67. The van der Waals surface area contributed by atoms with Crippen LogP contribution in [-0.2, 0) is 0 Å². The molecule has 0 atom stereocenters. The van der Waals surface area contributed by atoms with Gasteiger partial charge in [-0.2, -0.15) is 0 Å². The Labute approximate surface area is 252 Å². The number of carbonyl (C=O) groups is 4. The van der Waals surface area contributed by atoms with Gasteiger partial charge in [0.15, 0.2) is 0 Å². The predicted molar refractivity (Wildman–Crippen MR) is 140 cm³/mol. The summed E-state index contributed by atoms with van der Waals surface area (Å²) in [6, 6.07) is 24.3. The minimum atomic E-state index is -1.29. The first-order valence-electron chi connectivity index (χ1n) is 11.0. The van der Waals surface area contributed by atoms with E-state index in [9.17, 15) is 29.4 Å². The number of rotatable bonds is 6. The molecule has 2 amide bonds. The molecule has 0 fully saturated rings. The molecule has 10 nitrogen and oxygen atoms in total. The molecule has 0 bridgehead atoms. The van der Waals surface area contributed by atoms with Crippen LogP contribution in [-0.4, -0.2) is 71.7 Å². The topological polar surface area (TPSA) is 179 Å². The van der Waals surface area contributed by atoms with E-state index in [2.05, 4.69) is 10.6 Å². The van der Waals surface area contributed by atoms with Crippen LogP contribution in [0, 0.1) is 0 Å². The maximum absolute atomic E-state index is 11.8. The van der Waals surface area contributed by atoms with Crippen LogP contribution in [0.2, 0.25) is 0 Å². The van der Waals surface area contributed by atoms with Crippen LogP contribution in [0.4, 0.5) is 11.4 Å². The molecule has 4 aromatic carbocycles. The molecule has 0 saturated carbocycles. The van der Waals surface area contributed by atoms with Crippen molar-refractivity contribution in [3.05, 3.63) is 119 Å². The summed E-state index contributed by atoms with van der Waals surface area (Å²) >= 11 is 0. The van der Waals surface area contributed by atoms with Crippen molar-refractivity contribution in [3.8, 4) is 11.5 Å². The summed E-state index contributed by atoms with van der Waals surface area (Å²) in [5.41, 5.74) is 0.803. The van der Waals surface area contributed by atoms with E-state index in [4.69, 9.17) is 10.2 Å². The third-order valence-corrected chi connectivity index (χ3v) is 5.01. The molecular weight excluding hydrogens is 532 g/mol. The van der Waals surface area contributed by atoms with Gasteiger partial charge in [0, 0.05) is 60.2 Å². The summed E-state index contributed by atoms with van der Waals surface area (Å²) in [7, 11) is 0. The molecule has 0 aliphatic carbocycles. The molecule has 11 heteroatoms. The molecule has 0 heterocycles. The third-order valence-electron chi connectivity index (χ3n) is 5.01. The van der Waals surface area contributed by atoms with Crippen molar-refractivity contribution in [2.75, 3.05) is 10.6 Å². The van der Waals surface area contributed by atoms with Crippen LogP contribution in [0.5, 0.6) is 11.5 Å². The van der Waals surface area contributed by atoms with Crippen molar-refractivity contribution in [1.82, 2.24) is 0 Å². The van der Waals surface area contributed by atoms with Crippen molar-refractivity contribution in [2.45, 2.75) is 0 Å². The van der Waals surface area contributed by atoms with Crippen molar-refractivity contribution < 1.29 is 39.6 Å². The minimum absolute atomic E-state index is 0. The van der Waals surface area contributed by atoms with Crippen molar-refractivity contribution in [3.63, 3.8) is 0 Å². The van der Waals surface area contributed by atoms with Gasteiger partial charge < -0.3 is 31.1 Å². The molecule has 2 radical (unpaired) electrons. The predicted octanol–water partition coefficient (Wildman–Crippen LogP) is 3.04. The van der Waals surface area contributed by atoms with Gasteiger partial charge in [0.2, 0.25) is 0 Å². The molecule has 0 aliphatic heterocycles. The first kappa shape index (κ1) is 30.8. The van der Waals surface area contributed by atoms with Crippen molar-refractivity contribution in [1.29, 1.82) is 0 Å². The fraction of sp³-hybridized carbons (Fsp3) is 0. The number of carboxylic acid groups (broad SMARTS) is 2.